The molecule has 8 atom stereocenters. The van der Waals surface area contributed by atoms with Gasteiger partial charge in [-0.1, -0.05) is 38.2 Å². The van der Waals surface area contributed by atoms with Crippen molar-refractivity contribution in [2.75, 3.05) is 0 Å². The molecule has 12 nitrogen and oxygen atoms in total. The van der Waals surface area contributed by atoms with Gasteiger partial charge in [-0.2, -0.15) is 0 Å². The van der Waals surface area contributed by atoms with E-state index in [4.69, 9.17) is 9.97 Å². The second-order valence-electron chi connectivity index (χ2n) is 16.1. The summed E-state index contributed by atoms with van der Waals surface area (Å²) in [5.74, 6) is -9.67. The molecule has 3 aromatic heterocycles. The third kappa shape index (κ3) is 4.23. The quantitative estimate of drug-likeness (QED) is 0.275. The number of hydrogen-bond acceptors (Lipinski definition) is 10. The van der Waals surface area contributed by atoms with Crippen LogP contribution in [0, 0.1) is 29.6 Å². The molecule has 8 unspecified atom stereocenters. The number of nitrogens with zero attached hydrogens (tertiary/aromatic N) is 2. The summed E-state index contributed by atoms with van der Waals surface area (Å²) in [6, 6.07) is 8.74. The van der Waals surface area contributed by atoms with Crippen molar-refractivity contribution in [2.45, 2.75) is 44.4 Å². The first kappa shape index (κ1) is 32.8. The van der Waals surface area contributed by atoms with Crippen LogP contribution >= 0.6 is 0 Å². The minimum absolute atomic E-state index is 0.338. The molecular weight excluding hydrogens is 713 g/mol. The lowest BCUT2D eigenvalue weighted by atomic mass is 9.81. The number of ketones is 8. The molecule has 56 heavy (non-hydrogen) atoms. The number of allylic oxidation sites excluding steroid dienone is 7. The van der Waals surface area contributed by atoms with E-state index in [1.807, 2.05) is 0 Å². The maximum atomic E-state index is 13.5. The Morgan fingerprint density at radius 1 is 0.500 bits per heavy atom. The number of H-pyrrole nitrogens is 2. The van der Waals surface area contributed by atoms with Crippen molar-refractivity contribution >= 4 is 91.1 Å². The van der Waals surface area contributed by atoms with E-state index in [0.717, 1.165) is 0 Å². The predicted molar refractivity (Wildman–Crippen MR) is 200 cm³/mol. The van der Waals surface area contributed by atoms with Crippen LogP contribution < -0.4 is 0 Å². The van der Waals surface area contributed by atoms with Crippen LogP contribution in [-0.2, 0) is 38.4 Å². The lowest BCUT2D eigenvalue weighted by molar-refractivity contribution is -0.139. The predicted octanol–water partition coefficient (Wildman–Crippen LogP) is 4.66. The third-order valence-corrected chi connectivity index (χ3v) is 12.9. The van der Waals surface area contributed by atoms with Crippen molar-refractivity contribution in [2.24, 2.45) is 29.6 Å². The van der Waals surface area contributed by atoms with Crippen molar-refractivity contribution in [1.82, 2.24) is 19.9 Å². The molecule has 12 heteroatoms. The van der Waals surface area contributed by atoms with E-state index in [0.29, 0.717) is 91.1 Å². The van der Waals surface area contributed by atoms with Crippen LogP contribution in [-0.4, -0.2) is 66.2 Å². The van der Waals surface area contributed by atoms with E-state index < -0.39 is 93.6 Å². The maximum Gasteiger partial charge on any atom is 0.210 e. The third-order valence-electron chi connectivity index (χ3n) is 12.9. The molecule has 2 fully saturated rings. The Bertz CT molecular complexity index is 2900. The van der Waals surface area contributed by atoms with E-state index in [1.165, 1.54) is 0 Å². The Morgan fingerprint density at radius 3 is 1.70 bits per heavy atom. The summed E-state index contributed by atoms with van der Waals surface area (Å²) in [5.41, 5.74) is 7.36. The molecule has 2 N–H and O–H groups in total. The summed E-state index contributed by atoms with van der Waals surface area (Å²) in [6.07, 6.45) is 9.19. The van der Waals surface area contributed by atoms with Crippen LogP contribution in [0.25, 0.3) is 44.9 Å². The Hall–Kier alpha value is -6.56. The second-order valence-corrected chi connectivity index (χ2v) is 16.1. The summed E-state index contributed by atoms with van der Waals surface area (Å²) >= 11 is 0. The van der Waals surface area contributed by atoms with Crippen LogP contribution in [0.2, 0.25) is 0 Å². The highest BCUT2D eigenvalue weighted by Crippen LogP contribution is 2.56. The molecule has 11 rings (SSSR count). The molecule has 3 aromatic rings. The number of carbonyl (C=O) groups is 8. The van der Waals surface area contributed by atoms with Gasteiger partial charge in [0, 0.05) is 33.9 Å². The molecule has 0 aromatic carbocycles. The number of aromatic nitrogens is 4. The van der Waals surface area contributed by atoms with Gasteiger partial charge in [0.05, 0.1) is 58.3 Å². The van der Waals surface area contributed by atoms with Gasteiger partial charge in [0.2, 0.25) is 46.3 Å². The van der Waals surface area contributed by atoms with Gasteiger partial charge in [-0.25, -0.2) is 9.97 Å². The summed E-state index contributed by atoms with van der Waals surface area (Å²) in [6.45, 7) is 3.32. The van der Waals surface area contributed by atoms with Gasteiger partial charge in [0.1, 0.15) is 0 Å². The number of rotatable bonds is 2. The molecule has 0 radical (unpaired) electrons. The van der Waals surface area contributed by atoms with Crippen LogP contribution in [0.1, 0.15) is 83.9 Å². The SMILES string of the molecule is CC1C=CC(C2=Cc3cc4[nH]c(cc5nc(cc6cc(C7C=CC(C)C(=O)C7=O)c(cc2n3)[nH]6)C2=C5C3CC2C(=O)C3=O)c2c4C3CC2C(=O)C3=O)C(=O)C1=O. The van der Waals surface area contributed by atoms with Crippen molar-refractivity contribution in [1.29, 1.82) is 0 Å². The molecule has 0 saturated heterocycles. The molecule has 12 bridgehead atoms. The summed E-state index contributed by atoms with van der Waals surface area (Å²) in [4.78, 5) is 122. The fourth-order valence-corrected chi connectivity index (χ4v) is 10.2. The van der Waals surface area contributed by atoms with Gasteiger partial charge < -0.3 is 9.97 Å². The van der Waals surface area contributed by atoms with Crippen molar-refractivity contribution < 1.29 is 38.4 Å². The van der Waals surface area contributed by atoms with Gasteiger partial charge in [-0.05, 0) is 82.7 Å². The van der Waals surface area contributed by atoms with E-state index in [1.54, 1.807) is 74.6 Å². The Balaban J connectivity index is 1.24. The van der Waals surface area contributed by atoms with Crippen LogP contribution in [0.5, 0.6) is 0 Å². The minimum atomic E-state index is -0.942. The molecule has 8 aliphatic rings. The highest BCUT2D eigenvalue weighted by Gasteiger charge is 2.55. The zero-order chi connectivity index (χ0) is 38.6. The topological polar surface area (TPSA) is 194 Å². The molecule has 0 amide bonds. The molecule has 5 heterocycles. The average Bonchev–Trinajstić information content (AvgIpc) is 4.04. The van der Waals surface area contributed by atoms with Crippen LogP contribution in [0.4, 0.5) is 0 Å². The zero-order valence-corrected chi connectivity index (χ0v) is 30.0. The van der Waals surface area contributed by atoms with Crippen molar-refractivity contribution in [3.63, 3.8) is 0 Å². The summed E-state index contributed by atoms with van der Waals surface area (Å²) in [7, 11) is 0. The highest BCUT2D eigenvalue weighted by atomic mass is 16.2. The Kier molecular flexibility index (Phi) is 6.46. The van der Waals surface area contributed by atoms with Gasteiger partial charge in [0.15, 0.2) is 0 Å². The molecular formula is C44H30N4O8. The largest absolute Gasteiger partial charge is 0.355 e. The van der Waals surface area contributed by atoms with Crippen LogP contribution in [0.3, 0.4) is 0 Å². The van der Waals surface area contributed by atoms with Gasteiger partial charge in [-0.3, -0.25) is 38.4 Å². The Labute approximate surface area is 316 Å². The van der Waals surface area contributed by atoms with Crippen molar-refractivity contribution in [3.05, 3.63) is 94.1 Å². The zero-order valence-electron chi connectivity index (χ0n) is 30.0. The maximum absolute atomic E-state index is 13.5. The van der Waals surface area contributed by atoms with E-state index in [-0.39, 0.29) is 0 Å². The van der Waals surface area contributed by atoms with E-state index in [2.05, 4.69) is 9.97 Å². The lowest BCUT2D eigenvalue weighted by Crippen LogP contribution is -2.31. The average molecular weight is 743 g/mol. The lowest BCUT2D eigenvalue weighted by Gasteiger charge is -2.19. The monoisotopic (exact) mass is 742 g/mol. The van der Waals surface area contributed by atoms with Crippen molar-refractivity contribution in [3.8, 4) is 0 Å². The molecule has 6 aliphatic carbocycles. The minimum Gasteiger partial charge on any atom is -0.355 e. The van der Waals surface area contributed by atoms with Crippen LogP contribution in [0.15, 0.2) is 54.6 Å². The second kappa shape index (κ2) is 11.0. The number of carbonyl (C=O) groups excluding carboxylic acids is 8. The number of hydrogen-bond donors (Lipinski definition) is 2. The number of fused-ring (bicyclic) bond motifs is 21. The number of Topliss-reactive ketones (excluding diaryl/α,β-unsaturated/α-hetero) is 8. The van der Waals surface area contributed by atoms with Gasteiger partial charge in [-0.15, -0.1) is 0 Å². The Morgan fingerprint density at radius 2 is 1.04 bits per heavy atom. The molecule has 0 spiro atoms. The van der Waals surface area contributed by atoms with Gasteiger partial charge >= 0.3 is 0 Å². The first-order valence-electron chi connectivity index (χ1n) is 18.8. The molecule has 2 saturated carbocycles. The summed E-state index contributed by atoms with van der Waals surface area (Å²) in [5, 5.41) is 0. The fraction of sp³-hybridized carbons (Fsp3) is 0.273. The summed E-state index contributed by atoms with van der Waals surface area (Å²) < 4.78 is 0. The molecule has 274 valence electrons. The first-order valence-corrected chi connectivity index (χ1v) is 18.8. The normalized spacial score (nSPS) is 30.0. The molecule has 2 aliphatic heterocycles. The smallest absolute Gasteiger partial charge is 0.210 e. The number of aromatic amines is 2. The van der Waals surface area contributed by atoms with E-state index in [9.17, 15) is 38.4 Å². The standard InChI is InChI=1S/C44H30N4O8/c1-15-3-5-19(39(51)37(15)49)21-7-17-9-29-33-23-11-25(43(55)41(23)53)35(33)31(47-29)14-32-36-26-12-24(42(54)44(26)56)34(36)30(48-32)10-18-8-22(28(46-18)13-27(21)45-17)20-6-4-16(2)38(50)40(20)52/h3-10,13-16,19-20,23-26,45,48H,11-12H2,1-2H3. The highest BCUT2D eigenvalue weighted by molar-refractivity contribution is 6.48. The van der Waals surface area contributed by atoms with E-state index >= 15 is 0 Å². The fourth-order valence-electron chi connectivity index (χ4n) is 10.2. The first-order chi connectivity index (χ1) is 26.9. The number of nitrogens with one attached hydrogen (secondary N) is 2. The van der Waals surface area contributed by atoms with Gasteiger partial charge in [0.25, 0.3) is 0 Å².